The number of rotatable bonds is 6. The fourth-order valence-electron chi connectivity index (χ4n) is 2.16. The van der Waals surface area contributed by atoms with Crippen molar-refractivity contribution in [2.24, 2.45) is 11.8 Å². The molecule has 0 aromatic heterocycles. The number of nitrogens with zero attached hydrogens (tertiary/aromatic N) is 1. The molecule has 0 saturated carbocycles. The number of hydrogen-bond acceptors (Lipinski definition) is 3. The van der Waals surface area contributed by atoms with E-state index in [0.29, 0.717) is 12.1 Å². The number of likely N-dealkylation sites (N-methyl/N-ethyl adjacent to an activating group) is 1. The molecule has 2 atom stereocenters. The minimum Gasteiger partial charge on any atom is -0.467 e. The van der Waals surface area contributed by atoms with Gasteiger partial charge in [-0.3, -0.25) is 4.79 Å². The van der Waals surface area contributed by atoms with Gasteiger partial charge in [-0.1, -0.05) is 20.8 Å². The summed E-state index contributed by atoms with van der Waals surface area (Å²) in [6.07, 6.45) is 0.161. The monoisotopic (exact) mass is 345 g/mol. The number of ether oxygens (including phenoxy) is 1. The first-order valence-electron chi connectivity index (χ1n) is 7.58. The first-order valence-corrected chi connectivity index (χ1v) is 7.58. The molecule has 0 N–H and O–H groups in total. The van der Waals surface area contributed by atoms with E-state index in [9.17, 15) is 22.8 Å². The van der Waals surface area contributed by atoms with Gasteiger partial charge >= 0.3 is 5.97 Å². The first-order chi connectivity index (χ1) is 11.1. The fraction of sp³-hybridized carbons (Fsp3) is 0.529. The van der Waals surface area contributed by atoms with Gasteiger partial charge in [0.25, 0.3) is 0 Å². The average Bonchev–Trinajstić information content (AvgIpc) is 2.51. The summed E-state index contributed by atoms with van der Waals surface area (Å²) >= 11 is 0. The van der Waals surface area contributed by atoms with E-state index in [4.69, 9.17) is 0 Å². The second-order valence-corrected chi connectivity index (χ2v) is 6.15. The molecule has 0 aliphatic heterocycles. The molecule has 0 bridgehead atoms. The predicted molar refractivity (Wildman–Crippen MR) is 82.5 cm³/mol. The van der Waals surface area contributed by atoms with Crippen LogP contribution in [0.1, 0.15) is 38.8 Å². The van der Waals surface area contributed by atoms with Crippen molar-refractivity contribution in [2.45, 2.75) is 33.2 Å². The largest absolute Gasteiger partial charge is 0.467 e. The van der Waals surface area contributed by atoms with Crippen LogP contribution >= 0.6 is 0 Å². The van der Waals surface area contributed by atoms with Crippen molar-refractivity contribution >= 4 is 11.9 Å². The lowest BCUT2D eigenvalue weighted by Gasteiger charge is -2.28. The molecule has 1 aromatic rings. The van der Waals surface area contributed by atoms with Crippen molar-refractivity contribution in [2.75, 3.05) is 14.2 Å². The lowest BCUT2D eigenvalue weighted by molar-refractivity contribution is -0.152. The zero-order valence-electron chi connectivity index (χ0n) is 14.4. The van der Waals surface area contributed by atoms with Gasteiger partial charge in [-0.25, -0.2) is 18.0 Å². The maximum Gasteiger partial charge on any atom is 0.333 e. The minimum absolute atomic E-state index is 0.0555. The Balaban J connectivity index is 3.18. The maximum atomic E-state index is 13.5. The summed E-state index contributed by atoms with van der Waals surface area (Å²) in [7, 11) is 2.44. The van der Waals surface area contributed by atoms with E-state index in [2.05, 4.69) is 4.74 Å². The zero-order valence-corrected chi connectivity index (χ0v) is 14.4. The van der Waals surface area contributed by atoms with Crippen LogP contribution in [0.5, 0.6) is 0 Å². The second kappa shape index (κ2) is 8.17. The van der Waals surface area contributed by atoms with Gasteiger partial charge in [-0.05, 0) is 29.5 Å². The van der Waals surface area contributed by atoms with Crippen molar-refractivity contribution in [3.05, 3.63) is 35.1 Å². The molecule has 0 fully saturated rings. The van der Waals surface area contributed by atoms with E-state index in [0.717, 1.165) is 12.0 Å². The van der Waals surface area contributed by atoms with Crippen LogP contribution in [0.3, 0.4) is 0 Å². The molecule has 7 heteroatoms. The maximum absolute atomic E-state index is 13.5. The highest BCUT2D eigenvalue weighted by atomic mass is 19.2. The second-order valence-electron chi connectivity index (χ2n) is 6.15. The molecule has 0 spiro atoms. The Morgan fingerprint density at radius 2 is 1.62 bits per heavy atom. The number of methoxy groups -OCH3 is 1. The van der Waals surface area contributed by atoms with Crippen LogP contribution in [0.2, 0.25) is 0 Å². The molecule has 0 aliphatic carbocycles. The summed E-state index contributed by atoms with van der Waals surface area (Å²) in [5.41, 5.74) is -0.189. The van der Waals surface area contributed by atoms with Crippen LogP contribution in [-0.4, -0.2) is 30.9 Å². The molecular formula is C17H22F3NO3. The summed E-state index contributed by atoms with van der Waals surface area (Å²) < 4.78 is 44.7. The number of esters is 1. The third-order valence-corrected chi connectivity index (χ3v) is 4.16. The summed E-state index contributed by atoms with van der Waals surface area (Å²) in [6, 6.07) is 0.0251. The van der Waals surface area contributed by atoms with Crippen molar-refractivity contribution in [3.8, 4) is 0 Å². The van der Waals surface area contributed by atoms with Crippen molar-refractivity contribution in [1.29, 1.82) is 0 Å². The number of carbonyl (C=O) groups is 2. The summed E-state index contributed by atoms with van der Waals surface area (Å²) in [5, 5.41) is 0. The van der Waals surface area contributed by atoms with Gasteiger partial charge in [0.2, 0.25) is 5.91 Å². The number of carbonyl (C=O) groups excluding carboxylic acids is 2. The zero-order chi connectivity index (χ0) is 18.6. The first kappa shape index (κ1) is 20.0. The number of halogens is 3. The number of benzene rings is 1. The summed E-state index contributed by atoms with van der Waals surface area (Å²) in [6.45, 7) is 5.81. The van der Waals surface area contributed by atoms with Gasteiger partial charge in [0.05, 0.1) is 7.11 Å². The van der Waals surface area contributed by atoms with Crippen molar-refractivity contribution in [1.82, 2.24) is 4.90 Å². The van der Waals surface area contributed by atoms with Crippen molar-refractivity contribution in [3.63, 3.8) is 0 Å². The van der Waals surface area contributed by atoms with Crippen LogP contribution in [0.15, 0.2) is 12.1 Å². The Hall–Kier alpha value is -2.05. The van der Waals surface area contributed by atoms with Gasteiger partial charge in [-0.2, -0.15) is 0 Å². The smallest absolute Gasteiger partial charge is 0.333 e. The molecule has 4 nitrogen and oxygen atoms in total. The summed E-state index contributed by atoms with van der Waals surface area (Å²) in [5.74, 6) is -5.44. The molecule has 1 rings (SSSR count). The van der Waals surface area contributed by atoms with Gasteiger partial charge in [0.15, 0.2) is 23.5 Å². The Morgan fingerprint density at radius 3 is 2.04 bits per heavy atom. The Bertz CT molecular complexity index is 596. The Labute approximate surface area is 139 Å². The number of hydrogen-bond donors (Lipinski definition) is 0. The molecule has 0 aliphatic rings. The fourth-order valence-corrected chi connectivity index (χ4v) is 2.16. The van der Waals surface area contributed by atoms with Crippen LogP contribution in [0.4, 0.5) is 13.2 Å². The standard InChI is InChI=1S/C17H22F3NO3/c1-9(2)10(3)6-14(22)21(4)16(17(23)24-5)11-7-12(18)15(20)13(19)8-11/h7-10,16H,6H2,1-5H3/t10-,16+/m1/s1. The molecule has 0 heterocycles. The third-order valence-electron chi connectivity index (χ3n) is 4.16. The van der Waals surface area contributed by atoms with Crippen LogP contribution in [0.25, 0.3) is 0 Å². The average molecular weight is 345 g/mol. The molecule has 1 aromatic carbocycles. The quantitative estimate of drug-likeness (QED) is 0.586. The third kappa shape index (κ3) is 4.49. The molecule has 0 radical (unpaired) electrons. The molecule has 0 saturated heterocycles. The molecule has 0 unspecified atom stereocenters. The molecular weight excluding hydrogens is 323 g/mol. The van der Waals surface area contributed by atoms with Crippen molar-refractivity contribution < 1.29 is 27.5 Å². The highest BCUT2D eigenvalue weighted by Gasteiger charge is 2.32. The lowest BCUT2D eigenvalue weighted by Crippen LogP contribution is -2.37. The van der Waals surface area contributed by atoms with E-state index < -0.39 is 29.5 Å². The minimum atomic E-state index is -1.63. The van der Waals surface area contributed by atoms with Gasteiger partial charge < -0.3 is 9.64 Å². The SMILES string of the molecule is COC(=O)[C@H](c1cc(F)c(F)c(F)c1)N(C)C(=O)C[C@@H](C)C(C)C. The highest BCUT2D eigenvalue weighted by molar-refractivity contribution is 5.85. The van der Waals surface area contributed by atoms with E-state index in [1.165, 1.54) is 7.05 Å². The van der Waals surface area contributed by atoms with Crippen LogP contribution < -0.4 is 0 Å². The normalized spacial score (nSPS) is 13.5. The van der Waals surface area contributed by atoms with E-state index >= 15 is 0 Å². The van der Waals surface area contributed by atoms with E-state index in [1.54, 1.807) is 0 Å². The Kier molecular flexibility index (Phi) is 6.81. The van der Waals surface area contributed by atoms with Crippen LogP contribution in [0, 0.1) is 29.3 Å². The lowest BCUT2D eigenvalue weighted by atomic mass is 9.93. The summed E-state index contributed by atoms with van der Waals surface area (Å²) in [4.78, 5) is 25.5. The number of amides is 1. The van der Waals surface area contributed by atoms with Crippen LogP contribution in [-0.2, 0) is 14.3 Å². The molecule has 134 valence electrons. The van der Waals surface area contributed by atoms with Gasteiger partial charge in [-0.15, -0.1) is 0 Å². The highest BCUT2D eigenvalue weighted by Crippen LogP contribution is 2.26. The van der Waals surface area contributed by atoms with E-state index in [-0.39, 0.29) is 29.7 Å². The molecule has 1 amide bonds. The topological polar surface area (TPSA) is 46.6 Å². The van der Waals surface area contributed by atoms with Gasteiger partial charge in [0, 0.05) is 13.5 Å². The van der Waals surface area contributed by atoms with E-state index in [1.807, 2.05) is 20.8 Å². The molecule has 24 heavy (non-hydrogen) atoms. The Morgan fingerprint density at radius 1 is 1.12 bits per heavy atom. The van der Waals surface area contributed by atoms with Gasteiger partial charge in [0.1, 0.15) is 0 Å². The predicted octanol–water partition coefficient (Wildman–Crippen LogP) is 3.46.